The molecule has 1 aliphatic heterocycles. The number of fused-ring (bicyclic) bond motifs is 1. The average Bonchev–Trinajstić information content (AvgIpc) is 3.61. The summed E-state index contributed by atoms with van der Waals surface area (Å²) in [5.41, 5.74) is 3.03. The van der Waals surface area contributed by atoms with E-state index in [1.165, 1.54) is 18.0 Å². The second-order valence-corrected chi connectivity index (χ2v) is 15.9. The van der Waals surface area contributed by atoms with Gasteiger partial charge in [0.15, 0.2) is 0 Å². The van der Waals surface area contributed by atoms with E-state index in [2.05, 4.69) is 36.6 Å². The number of benzene rings is 2. The van der Waals surface area contributed by atoms with Crippen molar-refractivity contribution in [2.45, 2.75) is 91.0 Å². The van der Waals surface area contributed by atoms with Gasteiger partial charge in [0.2, 0.25) is 29.5 Å². The Morgan fingerprint density at radius 2 is 1.46 bits per heavy atom. The number of nitrogens with one attached hydrogen (secondary N) is 6. The molecule has 4 aromatic rings. The van der Waals surface area contributed by atoms with Gasteiger partial charge in [-0.25, -0.2) is 0 Å². The minimum atomic E-state index is -1.18. The van der Waals surface area contributed by atoms with Crippen LogP contribution in [0.2, 0.25) is 0 Å². The standard InChI is InChI=1S/C44H56N8O7/c1-25(2)19-34-42(56)50-35(20-29-14-16-31(59-7)17-15-29)41(55)47-28(6)40(54)51-37(26(3)4)23-52(44(58)39-27(5)11-10-18-45-39)24-38(53)48-36(43(57)49-34)21-30-22-46-33-13-9-8-12-32(30)33/h8-18,22,25-26,28,34-37,46H,19-21,23-24H2,1-7H3,(H,47,55)(H,48,53)(H,49,57)(H,50,56)(H,51,54)/t28-,34+,35+,36-,37-/m1/s1. The molecular weight excluding hydrogens is 753 g/mol. The molecule has 0 bridgehead atoms. The number of carbonyl (C=O) groups is 6. The fourth-order valence-electron chi connectivity index (χ4n) is 7.02. The van der Waals surface area contributed by atoms with Crippen LogP contribution in [0.15, 0.2) is 73.1 Å². The highest BCUT2D eigenvalue weighted by atomic mass is 16.5. The van der Waals surface area contributed by atoms with E-state index in [1.807, 2.05) is 52.0 Å². The first-order valence-corrected chi connectivity index (χ1v) is 20.0. The SMILES string of the molecule is COc1ccc(C[C@@H]2NC(=O)[C@H](CC(C)C)NC(=O)[C@@H](Cc3c[nH]c4ccccc34)NC(=O)CN(C(=O)c3ncccc3C)C[C@H](C(C)C)NC(=O)[C@@H](C)NC2=O)cc1. The summed E-state index contributed by atoms with van der Waals surface area (Å²) in [5, 5.41) is 15.2. The first-order valence-electron chi connectivity index (χ1n) is 20.0. The Balaban J connectivity index is 1.56. The van der Waals surface area contributed by atoms with Crippen LogP contribution < -0.4 is 31.3 Å². The molecule has 6 N–H and O–H groups in total. The molecule has 1 aliphatic rings. The summed E-state index contributed by atoms with van der Waals surface area (Å²) in [6.45, 7) is 10.2. The molecule has 3 heterocycles. The normalized spacial score (nSPS) is 21.5. The number of methoxy groups -OCH3 is 1. The number of pyridine rings is 1. The van der Waals surface area contributed by atoms with E-state index in [0.717, 1.165) is 16.5 Å². The van der Waals surface area contributed by atoms with E-state index in [-0.39, 0.29) is 43.3 Å². The molecule has 314 valence electrons. The van der Waals surface area contributed by atoms with Crippen molar-refractivity contribution in [2.24, 2.45) is 11.8 Å². The van der Waals surface area contributed by atoms with Crippen LogP contribution in [0.3, 0.4) is 0 Å². The highest BCUT2D eigenvalue weighted by Gasteiger charge is 2.34. The number of hydrogen-bond donors (Lipinski definition) is 6. The lowest BCUT2D eigenvalue weighted by Crippen LogP contribution is -2.60. The van der Waals surface area contributed by atoms with Gasteiger partial charge in [-0.3, -0.25) is 33.8 Å². The van der Waals surface area contributed by atoms with E-state index >= 15 is 0 Å². The quantitative estimate of drug-likeness (QED) is 0.148. The molecule has 0 spiro atoms. The Morgan fingerprint density at radius 1 is 0.797 bits per heavy atom. The van der Waals surface area contributed by atoms with Crippen molar-refractivity contribution >= 4 is 46.3 Å². The Morgan fingerprint density at radius 3 is 2.14 bits per heavy atom. The van der Waals surface area contributed by atoms with Crippen LogP contribution in [0.1, 0.15) is 68.2 Å². The third kappa shape index (κ3) is 11.7. The fourth-order valence-corrected chi connectivity index (χ4v) is 7.02. The van der Waals surface area contributed by atoms with Gasteiger partial charge in [0.25, 0.3) is 5.91 Å². The maximum atomic E-state index is 14.4. The van der Waals surface area contributed by atoms with Crippen LogP contribution in [0.4, 0.5) is 0 Å². The highest BCUT2D eigenvalue weighted by Crippen LogP contribution is 2.20. The maximum Gasteiger partial charge on any atom is 0.273 e. The van der Waals surface area contributed by atoms with Crippen molar-refractivity contribution in [1.29, 1.82) is 0 Å². The number of H-pyrrole nitrogens is 1. The molecule has 6 amide bonds. The van der Waals surface area contributed by atoms with E-state index < -0.39 is 72.2 Å². The number of nitrogens with zero attached hydrogens (tertiary/aromatic N) is 2. The summed E-state index contributed by atoms with van der Waals surface area (Å²) in [7, 11) is 1.54. The summed E-state index contributed by atoms with van der Waals surface area (Å²) in [4.78, 5) is 93.5. The predicted molar refractivity (Wildman–Crippen MR) is 223 cm³/mol. The molecule has 5 rings (SSSR count). The van der Waals surface area contributed by atoms with E-state index in [0.29, 0.717) is 16.9 Å². The van der Waals surface area contributed by atoms with Crippen molar-refractivity contribution in [3.05, 3.63) is 95.4 Å². The molecule has 1 saturated heterocycles. The van der Waals surface area contributed by atoms with Crippen molar-refractivity contribution in [3.63, 3.8) is 0 Å². The van der Waals surface area contributed by atoms with Crippen LogP contribution in [-0.2, 0) is 36.8 Å². The number of aromatic amines is 1. The molecule has 2 aromatic carbocycles. The van der Waals surface area contributed by atoms with Gasteiger partial charge in [0, 0.05) is 48.7 Å². The summed E-state index contributed by atoms with van der Waals surface area (Å²) >= 11 is 0. The minimum Gasteiger partial charge on any atom is -0.497 e. The number of aryl methyl sites for hydroxylation is 1. The van der Waals surface area contributed by atoms with Gasteiger partial charge in [0.05, 0.1) is 13.7 Å². The van der Waals surface area contributed by atoms with E-state index in [9.17, 15) is 28.8 Å². The largest absolute Gasteiger partial charge is 0.497 e. The molecule has 0 saturated carbocycles. The lowest BCUT2D eigenvalue weighted by Gasteiger charge is -2.32. The first kappa shape index (κ1) is 43.9. The van der Waals surface area contributed by atoms with Crippen LogP contribution in [0, 0.1) is 18.8 Å². The van der Waals surface area contributed by atoms with Gasteiger partial charge in [-0.15, -0.1) is 0 Å². The van der Waals surface area contributed by atoms with Gasteiger partial charge >= 0.3 is 0 Å². The fraction of sp³-hybridized carbons (Fsp3) is 0.432. The predicted octanol–water partition coefficient (Wildman–Crippen LogP) is 2.97. The zero-order valence-corrected chi connectivity index (χ0v) is 34.8. The topological polar surface area (TPSA) is 204 Å². The summed E-state index contributed by atoms with van der Waals surface area (Å²) < 4.78 is 5.29. The molecule has 0 unspecified atom stereocenters. The van der Waals surface area contributed by atoms with Gasteiger partial charge < -0.3 is 41.2 Å². The molecular formula is C44H56N8O7. The highest BCUT2D eigenvalue weighted by molar-refractivity contribution is 5.98. The Kier molecular flexibility index (Phi) is 14.8. The van der Waals surface area contributed by atoms with E-state index in [4.69, 9.17) is 4.74 Å². The third-order valence-electron chi connectivity index (χ3n) is 10.5. The number of para-hydroxylation sites is 1. The average molecular weight is 809 g/mol. The molecule has 15 nitrogen and oxygen atoms in total. The minimum absolute atomic E-state index is 0.0516. The number of rotatable bonds is 9. The van der Waals surface area contributed by atoms with Crippen molar-refractivity contribution in [1.82, 2.24) is 41.5 Å². The van der Waals surface area contributed by atoms with Gasteiger partial charge in [-0.2, -0.15) is 0 Å². The zero-order valence-electron chi connectivity index (χ0n) is 34.8. The second-order valence-electron chi connectivity index (χ2n) is 15.9. The number of carbonyl (C=O) groups excluding carboxylic acids is 6. The Bertz CT molecular complexity index is 2130. The zero-order chi connectivity index (χ0) is 42.8. The maximum absolute atomic E-state index is 14.4. The molecule has 0 radical (unpaired) electrons. The Hall–Kier alpha value is -6.25. The van der Waals surface area contributed by atoms with Gasteiger partial charge in [0.1, 0.15) is 35.6 Å². The smallest absolute Gasteiger partial charge is 0.273 e. The van der Waals surface area contributed by atoms with Crippen molar-refractivity contribution < 1.29 is 33.5 Å². The summed E-state index contributed by atoms with van der Waals surface area (Å²) in [6.07, 6.45) is 3.59. The number of ether oxygens (including phenoxy) is 1. The molecule has 5 atom stereocenters. The van der Waals surface area contributed by atoms with E-state index in [1.54, 1.807) is 56.6 Å². The molecule has 0 aliphatic carbocycles. The Labute approximate surface area is 344 Å². The van der Waals surface area contributed by atoms with Crippen molar-refractivity contribution in [3.8, 4) is 5.75 Å². The van der Waals surface area contributed by atoms with Crippen molar-refractivity contribution in [2.75, 3.05) is 20.2 Å². The second kappa shape index (κ2) is 19.9. The van der Waals surface area contributed by atoms with Crippen LogP contribution >= 0.6 is 0 Å². The lowest BCUT2D eigenvalue weighted by atomic mass is 9.99. The van der Waals surface area contributed by atoms with Crippen LogP contribution in [0.25, 0.3) is 10.9 Å². The van der Waals surface area contributed by atoms with Gasteiger partial charge in [-0.05, 0) is 73.1 Å². The third-order valence-corrected chi connectivity index (χ3v) is 10.5. The molecule has 15 heteroatoms. The number of amides is 6. The molecule has 59 heavy (non-hydrogen) atoms. The first-order chi connectivity index (χ1) is 28.1. The summed E-state index contributed by atoms with van der Waals surface area (Å²) in [6, 6.07) is 12.9. The van der Waals surface area contributed by atoms with Gasteiger partial charge in [-0.1, -0.05) is 64.1 Å². The lowest BCUT2D eigenvalue weighted by molar-refractivity contribution is -0.135. The van der Waals surface area contributed by atoms with Crippen LogP contribution in [0.5, 0.6) is 5.75 Å². The summed E-state index contributed by atoms with van der Waals surface area (Å²) in [5.74, 6) is -3.22. The molecule has 2 aromatic heterocycles. The monoisotopic (exact) mass is 808 g/mol. The van der Waals surface area contributed by atoms with Crippen LogP contribution in [-0.4, -0.2) is 101 Å². The number of aromatic nitrogens is 2. The number of hydrogen-bond acceptors (Lipinski definition) is 8. The molecule has 1 fully saturated rings.